The molecule has 1 heterocycles. The molecule has 0 aliphatic heterocycles. The number of hydrogen-bond acceptors (Lipinski definition) is 5. The number of furan rings is 1. The number of carbonyl (C=O) groups is 1. The highest BCUT2D eigenvalue weighted by molar-refractivity contribution is 5.90. The van der Waals surface area contributed by atoms with Crippen molar-refractivity contribution >= 4 is 5.97 Å². The molecule has 1 aromatic heterocycles. The summed E-state index contributed by atoms with van der Waals surface area (Å²) >= 11 is 0. The third kappa shape index (κ3) is 3.41. The van der Waals surface area contributed by atoms with Crippen LogP contribution in [0.1, 0.15) is 41.8 Å². The third-order valence-electron chi connectivity index (χ3n) is 4.27. The zero-order valence-corrected chi connectivity index (χ0v) is 12.5. The lowest BCUT2D eigenvalue weighted by molar-refractivity contribution is 0.0595. The van der Waals surface area contributed by atoms with E-state index in [0.717, 1.165) is 0 Å². The summed E-state index contributed by atoms with van der Waals surface area (Å²) in [6.07, 6.45) is 6.31. The lowest BCUT2D eigenvalue weighted by Crippen LogP contribution is -2.39. The minimum absolute atomic E-state index is 0.332. The van der Waals surface area contributed by atoms with Gasteiger partial charge in [-0.3, -0.25) is 4.90 Å². The van der Waals surface area contributed by atoms with Gasteiger partial charge in [-0.1, -0.05) is 0 Å². The van der Waals surface area contributed by atoms with Crippen LogP contribution in [0.3, 0.4) is 0 Å². The van der Waals surface area contributed by atoms with E-state index in [0.29, 0.717) is 30.0 Å². The van der Waals surface area contributed by atoms with Crippen molar-refractivity contribution in [3.63, 3.8) is 0 Å². The summed E-state index contributed by atoms with van der Waals surface area (Å²) in [5, 5.41) is 3.34. The van der Waals surface area contributed by atoms with Crippen LogP contribution < -0.4 is 5.32 Å². The summed E-state index contributed by atoms with van der Waals surface area (Å²) in [7, 11) is 5.51. The second-order valence-corrected chi connectivity index (χ2v) is 5.46. The van der Waals surface area contributed by atoms with Gasteiger partial charge in [-0.2, -0.15) is 0 Å². The molecule has 1 fully saturated rings. The van der Waals surface area contributed by atoms with Crippen LogP contribution in [0.4, 0.5) is 0 Å². The predicted octanol–water partition coefficient (Wildman–Crippen LogP) is 2.03. The molecule has 0 aromatic carbocycles. The summed E-state index contributed by atoms with van der Waals surface area (Å²) in [4.78, 5) is 13.9. The van der Waals surface area contributed by atoms with Crippen molar-refractivity contribution in [3.8, 4) is 0 Å². The van der Waals surface area contributed by atoms with Crippen LogP contribution in [0.5, 0.6) is 0 Å². The van der Waals surface area contributed by atoms with E-state index in [1.807, 2.05) is 7.05 Å². The molecule has 0 amide bonds. The molecule has 5 heteroatoms. The molecule has 0 spiro atoms. The van der Waals surface area contributed by atoms with E-state index < -0.39 is 0 Å². The SMILES string of the molecule is CNC1CCC(N(C)Cc2occc2C(=O)OC)CC1. The molecular weight excluding hydrogens is 256 g/mol. The Hall–Kier alpha value is -1.33. The molecule has 0 atom stereocenters. The van der Waals surface area contributed by atoms with Gasteiger partial charge in [-0.15, -0.1) is 0 Å². The normalized spacial score (nSPS) is 23.0. The van der Waals surface area contributed by atoms with Crippen LogP contribution in [0.2, 0.25) is 0 Å². The fraction of sp³-hybridized carbons (Fsp3) is 0.667. The minimum atomic E-state index is -0.332. The molecule has 0 radical (unpaired) electrons. The summed E-state index contributed by atoms with van der Waals surface area (Å²) in [5.74, 6) is 0.358. The zero-order chi connectivity index (χ0) is 14.5. The van der Waals surface area contributed by atoms with Gasteiger partial charge in [-0.05, 0) is 45.8 Å². The molecule has 5 nitrogen and oxygen atoms in total. The predicted molar refractivity (Wildman–Crippen MR) is 76.6 cm³/mol. The van der Waals surface area contributed by atoms with Gasteiger partial charge in [0.05, 0.1) is 19.9 Å². The average molecular weight is 280 g/mol. The van der Waals surface area contributed by atoms with Crippen LogP contribution >= 0.6 is 0 Å². The lowest BCUT2D eigenvalue weighted by atomic mass is 9.90. The lowest BCUT2D eigenvalue weighted by Gasteiger charge is -2.34. The quantitative estimate of drug-likeness (QED) is 0.836. The highest BCUT2D eigenvalue weighted by Gasteiger charge is 2.25. The Morgan fingerprint density at radius 1 is 1.45 bits per heavy atom. The van der Waals surface area contributed by atoms with Gasteiger partial charge in [0.25, 0.3) is 0 Å². The van der Waals surface area contributed by atoms with Crippen molar-refractivity contribution in [1.29, 1.82) is 0 Å². The van der Waals surface area contributed by atoms with Crippen molar-refractivity contribution in [3.05, 3.63) is 23.7 Å². The fourth-order valence-corrected chi connectivity index (χ4v) is 2.92. The fourth-order valence-electron chi connectivity index (χ4n) is 2.92. The Balaban J connectivity index is 1.93. The van der Waals surface area contributed by atoms with Gasteiger partial charge in [-0.25, -0.2) is 4.79 Å². The molecule has 1 N–H and O–H groups in total. The number of nitrogens with one attached hydrogen (secondary N) is 1. The Morgan fingerprint density at radius 2 is 2.15 bits per heavy atom. The van der Waals surface area contributed by atoms with Gasteiger partial charge in [0.15, 0.2) is 0 Å². The third-order valence-corrected chi connectivity index (χ3v) is 4.27. The molecule has 1 aromatic rings. The highest BCUT2D eigenvalue weighted by Crippen LogP contribution is 2.24. The van der Waals surface area contributed by atoms with Crippen LogP contribution in [0.15, 0.2) is 16.7 Å². The van der Waals surface area contributed by atoms with E-state index in [1.54, 1.807) is 12.3 Å². The molecular formula is C15H24N2O3. The van der Waals surface area contributed by atoms with Crippen LogP contribution in [-0.4, -0.2) is 44.2 Å². The Labute approximate surface area is 120 Å². The van der Waals surface area contributed by atoms with Crippen molar-refractivity contribution in [2.24, 2.45) is 0 Å². The number of nitrogens with zero attached hydrogens (tertiary/aromatic N) is 1. The van der Waals surface area contributed by atoms with Gasteiger partial charge in [0.1, 0.15) is 11.3 Å². The monoisotopic (exact) mass is 280 g/mol. The first-order valence-electron chi connectivity index (χ1n) is 7.18. The van der Waals surface area contributed by atoms with Crippen molar-refractivity contribution in [2.75, 3.05) is 21.2 Å². The maximum atomic E-state index is 11.6. The molecule has 20 heavy (non-hydrogen) atoms. The maximum Gasteiger partial charge on any atom is 0.341 e. The first-order valence-corrected chi connectivity index (χ1v) is 7.18. The maximum absolute atomic E-state index is 11.6. The standard InChI is InChI=1S/C15H24N2O3/c1-16-11-4-6-12(7-5-11)17(2)10-14-13(8-9-20-14)15(18)19-3/h8-9,11-12,16H,4-7,10H2,1-3H3. The molecule has 112 valence electrons. The number of ether oxygens (including phenoxy) is 1. The van der Waals surface area contributed by atoms with Crippen LogP contribution in [-0.2, 0) is 11.3 Å². The number of hydrogen-bond donors (Lipinski definition) is 1. The van der Waals surface area contributed by atoms with E-state index in [9.17, 15) is 4.79 Å². The molecule has 0 saturated heterocycles. The summed E-state index contributed by atoms with van der Waals surface area (Å²) < 4.78 is 10.2. The van der Waals surface area contributed by atoms with E-state index >= 15 is 0 Å². The smallest absolute Gasteiger partial charge is 0.341 e. The van der Waals surface area contributed by atoms with E-state index in [2.05, 4.69) is 17.3 Å². The second kappa shape index (κ2) is 6.90. The molecule has 0 unspecified atom stereocenters. The molecule has 1 aliphatic carbocycles. The van der Waals surface area contributed by atoms with Gasteiger partial charge in [0.2, 0.25) is 0 Å². The summed E-state index contributed by atoms with van der Waals surface area (Å²) in [6, 6.07) is 2.87. The van der Waals surface area contributed by atoms with Crippen molar-refractivity contribution in [2.45, 2.75) is 44.3 Å². The Morgan fingerprint density at radius 3 is 2.75 bits per heavy atom. The average Bonchev–Trinajstić information content (AvgIpc) is 2.94. The topological polar surface area (TPSA) is 54.7 Å². The molecule has 2 rings (SSSR count). The van der Waals surface area contributed by atoms with Crippen molar-refractivity contribution < 1.29 is 13.9 Å². The highest BCUT2D eigenvalue weighted by atomic mass is 16.5. The Bertz CT molecular complexity index is 436. The number of esters is 1. The largest absolute Gasteiger partial charge is 0.467 e. The van der Waals surface area contributed by atoms with Crippen LogP contribution in [0.25, 0.3) is 0 Å². The molecule has 1 aliphatic rings. The second-order valence-electron chi connectivity index (χ2n) is 5.46. The molecule has 1 saturated carbocycles. The van der Waals surface area contributed by atoms with Gasteiger partial charge < -0.3 is 14.5 Å². The van der Waals surface area contributed by atoms with E-state index in [1.165, 1.54) is 32.8 Å². The zero-order valence-electron chi connectivity index (χ0n) is 12.5. The first kappa shape index (κ1) is 15.1. The molecule has 0 bridgehead atoms. The first-order chi connectivity index (χ1) is 9.65. The van der Waals surface area contributed by atoms with Crippen molar-refractivity contribution in [1.82, 2.24) is 10.2 Å². The number of methoxy groups -OCH3 is 1. The van der Waals surface area contributed by atoms with Gasteiger partial charge in [0, 0.05) is 12.1 Å². The van der Waals surface area contributed by atoms with Crippen LogP contribution in [0, 0.1) is 0 Å². The summed E-state index contributed by atoms with van der Waals surface area (Å²) in [6.45, 7) is 0.645. The minimum Gasteiger partial charge on any atom is -0.467 e. The Kier molecular flexibility index (Phi) is 5.20. The number of rotatable bonds is 5. The number of carbonyl (C=O) groups excluding carboxylic acids is 1. The van der Waals surface area contributed by atoms with E-state index in [-0.39, 0.29) is 5.97 Å². The summed E-state index contributed by atoms with van der Waals surface area (Å²) in [5.41, 5.74) is 0.531. The van der Waals surface area contributed by atoms with Gasteiger partial charge >= 0.3 is 5.97 Å². The van der Waals surface area contributed by atoms with E-state index in [4.69, 9.17) is 9.15 Å².